The van der Waals surface area contributed by atoms with Crippen molar-refractivity contribution in [3.05, 3.63) is 62.5 Å². The van der Waals surface area contributed by atoms with E-state index in [2.05, 4.69) is 37.2 Å². The molecular weight excluding hydrogens is 384 g/mol. The molecule has 1 amide bonds. The van der Waals surface area contributed by atoms with E-state index in [0.29, 0.717) is 5.69 Å². The van der Waals surface area contributed by atoms with Gasteiger partial charge in [-0.1, -0.05) is 31.9 Å². The quantitative estimate of drug-likeness (QED) is 0.788. The number of carbonyl (C=O) groups excluding carboxylic acids is 1. The maximum absolute atomic E-state index is 13.6. The van der Waals surface area contributed by atoms with Gasteiger partial charge in [0, 0.05) is 14.6 Å². The average Bonchev–Trinajstić information content (AvgIpc) is 2.30. The predicted molar refractivity (Wildman–Crippen MR) is 76.2 cm³/mol. The van der Waals surface area contributed by atoms with Gasteiger partial charge in [-0.05, 0) is 36.4 Å². The Morgan fingerprint density at radius 2 is 1.47 bits per heavy atom. The molecule has 0 saturated heterocycles. The molecule has 2 aromatic carbocycles. The van der Waals surface area contributed by atoms with Gasteiger partial charge in [0.1, 0.15) is 17.2 Å². The molecule has 2 nitrogen and oxygen atoms in total. The fraction of sp³-hybridized carbons (Fsp3) is 0. The van der Waals surface area contributed by atoms with Crippen LogP contribution >= 0.6 is 31.9 Å². The van der Waals surface area contributed by atoms with Crippen molar-refractivity contribution in [3.63, 3.8) is 0 Å². The summed E-state index contributed by atoms with van der Waals surface area (Å²) >= 11 is 6.20. The third-order valence-electron chi connectivity index (χ3n) is 2.34. The molecule has 0 bridgehead atoms. The summed E-state index contributed by atoms with van der Waals surface area (Å²) in [6.07, 6.45) is 0. The van der Waals surface area contributed by atoms with Gasteiger partial charge in [-0.25, -0.2) is 8.78 Å². The number of benzene rings is 2. The molecule has 0 unspecified atom stereocenters. The average molecular weight is 391 g/mol. The molecule has 0 aliphatic heterocycles. The summed E-state index contributed by atoms with van der Waals surface area (Å²) in [6.45, 7) is 0. The van der Waals surface area contributed by atoms with E-state index in [4.69, 9.17) is 0 Å². The van der Waals surface area contributed by atoms with E-state index in [9.17, 15) is 13.6 Å². The van der Waals surface area contributed by atoms with Gasteiger partial charge in [0.05, 0.1) is 0 Å². The van der Waals surface area contributed by atoms with Gasteiger partial charge in [0.2, 0.25) is 0 Å². The van der Waals surface area contributed by atoms with Crippen molar-refractivity contribution in [1.29, 1.82) is 0 Å². The van der Waals surface area contributed by atoms with Crippen LogP contribution in [0, 0.1) is 11.6 Å². The van der Waals surface area contributed by atoms with Crippen molar-refractivity contribution in [3.8, 4) is 0 Å². The lowest BCUT2D eigenvalue weighted by molar-refractivity contribution is 0.101. The maximum Gasteiger partial charge on any atom is 0.261 e. The van der Waals surface area contributed by atoms with Crippen molar-refractivity contribution < 1.29 is 13.6 Å². The Kier molecular flexibility index (Phi) is 4.31. The lowest BCUT2D eigenvalue weighted by Gasteiger charge is -2.07. The molecule has 0 radical (unpaired) electrons. The van der Waals surface area contributed by atoms with Crippen molar-refractivity contribution in [2.24, 2.45) is 0 Å². The van der Waals surface area contributed by atoms with Crippen LogP contribution in [0.3, 0.4) is 0 Å². The largest absolute Gasteiger partial charge is 0.322 e. The highest BCUT2D eigenvalue weighted by molar-refractivity contribution is 9.10. The summed E-state index contributed by atoms with van der Waals surface area (Å²) in [5.74, 6) is -2.66. The van der Waals surface area contributed by atoms with Crippen LogP contribution in [-0.2, 0) is 0 Å². The van der Waals surface area contributed by atoms with E-state index in [-0.39, 0.29) is 4.47 Å². The van der Waals surface area contributed by atoms with Crippen molar-refractivity contribution >= 4 is 43.5 Å². The topological polar surface area (TPSA) is 29.1 Å². The van der Waals surface area contributed by atoms with Crippen LogP contribution in [0.1, 0.15) is 10.4 Å². The molecule has 0 aliphatic carbocycles. The molecule has 2 aromatic rings. The minimum absolute atomic E-state index is 0.239. The molecule has 0 atom stereocenters. The van der Waals surface area contributed by atoms with E-state index in [0.717, 1.165) is 16.6 Å². The number of halogens is 4. The lowest BCUT2D eigenvalue weighted by atomic mass is 10.2. The summed E-state index contributed by atoms with van der Waals surface area (Å²) in [6, 6.07) is 8.75. The number of nitrogens with one attached hydrogen (secondary N) is 1. The van der Waals surface area contributed by atoms with E-state index >= 15 is 0 Å². The first-order valence-electron chi connectivity index (χ1n) is 5.19. The normalized spacial score (nSPS) is 10.3. The Morgan fingerprint density at radius 1 is 0.947 bits per heavy atom. The summed E-state index contributed by atoms with van der Waals surface area (Å²) < 4.78 is 28.3. The molecule has 0 spiro atoms. The molecule has 98 valence electrons. The Hall–Kier alpha value is -1.27. The summed E-state index contributed by atoms with van der Waals surface area (Å²) in [5.41, 5.74) is -0.152. The highest BCUT2D eigenvalue weighted by Gasteiger charge is 2.18. The Balaban J connectivity index is 2.28. The first-order chi connectivity index (χ1) is 8.97. The number of hydrogen-bond donors (Lipinski definition) is 1. The number of rotatable bonds is 2. The molecule has 19 heavy (non-hydrogen) atoms. The molecule has 0 fully saturated rings. The van der Waals surface area contributed by atoms with Crippen LogP contribution in [0.5, 0.6) is 0 Å². The molecule has 2 rings (SSSR count). The summed E-state index contributed by atoms with van der Waals surface area (Å²) in [4.78, 5) is 11.8. The minimum Gasteiger partial charge on any atom is -0.322 e. The number of anilines is 1. The minimum atomic E-state index is -0.915. The van der Waals surface area contributed by atoms with Gasteiger partial charge in [0.15, 0.2) is 0 Å². The van der Waals surface area contributed by atoms with Crippen LogP contribution in [-0.4, -0.2) is 5.91 Å². The van der Waals surface area contributed by atoms with E-state index in [1.165, 1.54) is 0 Å². The van der Waals surface area contributed by atoms with Crippen LogP contribution in [0.4, 0.5) is 14.5 Å². The smallest absolute Gasteiger partial charge is 0.261 e. The Morgan fingerprint density at radius 3 is 2.00 bits per heavy atom. The zero-order chi connectivity index (χ0) is 14.0. The molecule has 0 aromatic heterocycles. The standard InChI is InChI=1S/C13H7Br2F2NO/c14-7-1-3-9(4-2-7)18-13(19)12-10(16)5-8(15)6-11(12)17/h1-6H,(H,18,19). The highest BCUT2D eigenvalue weighted by atomic mass is 79.9. The Bertz CT molecular complexity index is 606. The number of hydrogen-bond acceptors (Lipinski definition) is 1. The second-order valence-electron chi connectivity index (χ2n) is 3.71. The first kappa shape index (κ1) is 14.1. The van der Waals surface area contributed by atoms with Crippen LogP contribution in [0.15, 0.2) is 45.3 Å². The molecule has 6 heteroatoms. The summed E-state index contributed by atoms with van der Waals surface area (Å²) in [7, 11) is 0. The van der Waals surface area contributed by atoms with Crippen LogP contribution < -0.4 is 5.32 Å². The molecule has 0 aliphatic rings. The molecular formula is C13H7Br2F2NO. The molecule has 0 saturated carbocycles. The highest BCUT2D eigenvalue weighted by Crippen LogP contribution is 2.21. The third kappa shape index (κ3) is 3.39. The number of amides is 1. The van der Waals surface area contributed by atoms with Crippen molar-refractivity contribution in [1.82, 2.24) is 0 Å². The van der Waals surface area contributed by atoms with Crippen molar-refractivity contribution in [2.75, 3.05) is 5.32 Å². The Labute approximate surface area is 125 Å². The third-order valence-corrected chi connectivity index (χ3v) is 3.32. The zero-order valence-corrected chi connectivity index (χ0v) is 12.6. The number of carbonyl (C=O) groups is 1. The first-order valence-corrected chi connectivity index (χ1v) is 6.77. The predicted octanol–water partition coefficient (Wildman–Crippen LogP) is 4.74. The van der Waals surface area contributed by atoms with Gasteiger partial charge in [-0.15, -0.1) is 0 Å². The second-order valence-corrected chi connectivity index (χ2v) is 5.54. The second kappa shape index (κ2) is 5.79. The van der Waals surface area contributed by atoms with E-state index in [1.54, 1.807) is 24.3 Å². The van der Waals surface area contributed by atoms with Gasteiger partial charge < -0.3 is 5.32 Å². The van der Waals surface area contributed by atoms with E-state index < -0.39 is 23.1 Å². The van der Waals surface area contributed by atoms with Crippen LogP contribution in [0.25, 0.3) is 0 Å². The molecule has 1 N–H and O–H groups in total. The maximum atomic E-state index is 13.6. The van der Waals surface area contributed by atoms with E-state index in [1.807, 2.05) is 0 Å². The fourth-order valence-electron chi connectivity index (χ4n) is 1.49. The van der Waals surface area contributed by atoms with Gasteiger partial charge >= 0.3 is 0 Å². The van der Waals surface area contributed by atoms with Crippen molar-refractivity contribution in [2.45, 2.75) is 0 Å². The lowest BCUT2D eigenvalue weighted by Crippen LogP contribution is -2.15. The monoisotopic (exact) mass is 389 g/mol. The van der Waals surface area contributed by atoms with Gasteiger partial charge in [-0.2, -0.15) is 0 Å². The SMILES string of the molecule is O=C(Nc1ccc(Br)cc1)c1c(F)cc(Br)cc1F. The van der Waals surface area contributed by atoms with Gasteiger partial charge in [-0.3, -0.25) is 4.79 Å². The van der Waals surface area contributed by atoms with Gasteiger partial charge in [0.25, 0.3) is 5.91 Å². The zero-order valence-electron chi connectivity index (χ0n) is 9.38. The fourth-order valence-corrected chi connectivity index (χ4v) is 2.15. The molecule has 0 heterocycles. The summed E-state index contributed by atoms with van der Waals surface area (Å²) in [5, 5.41) is 2.43. The van der Waals surface area contributed by atoms with Crippen LogP contribution in [0.2, 0.25) is 0 Å².